The number of amides is 1. The molecule has 118 valence electrons. The Bertz CT molecular complexity index is 405. The van der Waals surface area contributed by atoms with Crippen molar-refractivity contribution in [3.8, 4) is 0 Å². The molecule has 2 rings (SSSR count). The molecular weight excluding hydrogens is 284 g/mol. The fraction of sp³-hybridized carbons (Fsp3) is 0.588. The molecule has 4 heteroatoms. The lowest BCUT2D eigenvalue weighted by molar-refractivity contribution is -0.122. The molecule has 0 bridgehead atoms. The number of rotatable bonds is 7. The number of carbonyl (C=O) groups excluding carboxylic acids is 1. The molecular formula is C17H27ClN2O. The highest BCUT2D eigenvalue weighted by Crippen LogP contribution is 2.11. The molecule has 1 aromatic carbocycles. The van der Waals surface area contributed by atoms with Crippen molar-refractivity contribution >= 4 is 18.3 Å². The van der Waals surface area contributed by atoms with Gasteiger partial charge in [-0.3, -0.25) is 4.79 Å². The van der Waals surface area contributed by atoms with Crippen molar-refractivity contribution < 1.29 is 4.79 Å². The van der Waals surface area contributed by atoms with Crippen LogP contribution in [-0.4, -0.2) is 24.5 Å². The van der Waals surface area contributed by atoms with Gasteiger partial charge in [-0.2, -0.15) is 0 Å². The van der Waals surface area contributed by atoms with Crippen LogP contribution in [0, 0.1) is 0 Å². The zero-order valence-corrected chi connectivity index (χ0v) is 13.6. The van der Waals surface area contributed by atoms with Gasteiger partial charge in [-0.1, -0.05) is 43.7 Å². The highest BCUT2D eigenvalue weighted by molar-refractivity contribution is 5.85. The first-order chi connectivity index (χ1) is 9.78. The van der Waals surface area contributed by atoms with E-state index >= 15 is 0 Å². The van der Waals surface area contributed by atoms with Gasteiger partial charge in [-0.25, -0.2) is 0 Å². The van der Waals surface area contributed by atoms with Crippen LogP contribution in [0.5, 0.6) is 0 Å². The Balaban J connectivity index is 0.00000220. The average Bonchev–Trinajstić information content (AvgIpc) is 2.93. The van der Waals surface area contributed by atoms with Crippen LogP contribution in [-0.2, 0) is 11.2 Å². The molecule has 0 radical (unpaired) electrons. The quantitative estimate of drug-likeness (QED) is 0.812. The molecule has 2 atom stereocenters. The molecule has 0 saturated carbocycles. The van der Waals surface area contributed by atoms with Crippen LogP contribution in [0.2, 0.25) is 0 Å². The first-order valence-corrected chi connectivity index (χ1v) is 7.84. The van der Waals surface area contributed by atoms with Crippen molar-refractivity contribution in [3.05, 3.63) is 35.9 Å². The van der Waals surface area contributed by atoms with Crippen molar-refractivity contribution in [2.24, 2.45) is 0 Å². The van der Waals surface area contributed by atoms with E-state index in [0.717, 1.165) is 32.2 Å². The van der Waals surface area contributed by atoms with E-state index in [0.29, 0.717) is 12.5 Å². The van der Waals surface area contributed by atoms with E-state index in [2.05, 4.69) is 41.8 Å². The van der Waals surface area contributed by atoms with E-state index in [1.165, 1.54) is 12.0 Å². The van der Waals surface area contributed by atoms with Gasteiger partial charge >= 0.3 is 0 Å². The molecule has 1 saturated heterocycles. The largest absolute Gasteiger partial charge is 0.353 e. The lowest BCUT2D eigenvalue weighted by Crippen LogP contribution is -2.39. The second-order valence-corrected chi connectivity index (χ2v) is 5.74. The average molecular weight is 311 g/mol. The molecule has 21 heavy (non-hydrogen) atoms. The number of nitrogens with one attached hydrogen (secondary N) is 2. The number of hydrogen-bond donors (Lipinski definition) is 2. The van der Waals surface area contributed by atoms with Crippen LogP contribution in [0.25, 0.3) is 0 Å². The van der Waals surface area contributed by atoms with Crippen molar-refractivity contribution in [2.75, 3.05) is 6.54 Å². The molecule has 1 amide bonds. The molecule has 2 N–H and O–H groups in total. The van der Waals surface area contributed by atoms with Gasteiger partial charge in [-0.05, 0) is 37.8 Å². The number of carbonyl (C=O) groups is 1. The van der Waals surface area contributed by atoms with Crippen molar-refractivity contribution in [3.63, 3.8) is 0 Å². The number of benzene rings is 1. The van der Waals surface area contributed by atoms with Gasteiger partial charge in [-0.15, -0.1) is 12.4 Å². The fourth-order valence-corrected chi connectivity index (χ4v) is 2.91. The third-order valence-electron chi connectivity index (χ3n) is 3.92. The van der Waals surface area contributed by atoms with Gasteiger partial charge in [0.2, 0.25) is 5.91 Å². The molecule has 3 nitrogen and oxygen atoms in total. The molecule has 0 spiro atoms. The van der Waals surface area contributed by atoms with Crippen LogP contribution in [0.1, 0.15) is 44.6 Å². The van der Waals surface area contributed by atoms with Crippen LogP contribution < -0.4 is 10.6 Å². The third kappa shape index (κ3) is 6.49. The summed E-state index contributed by atoms with van der Waals surface area (Å²) in [7, 11) is 0. The van der Waals surface area contributed by atoms with Gasteiger partial charge in [0.05, 0.1) is 0 Å². The Morgan fingerprint density at radius 1 is 1.38 bits per heavy atom. The van der Waals surface area contributed by atoms with E-state index in [-0.39, 0.29) is 24.4 Å². The molecule has 1 fully saturated rings. The van der Waals surface area contributed by atoms with Crippen LogP contribution >= 0.6 is 12.4 Å². The zero-order chi connectivity index (χ0) is 14.2. The maximum atomic E-state index is 12.1. The summed E-state index contributed by atoms with van der Waals surface area (Å²) >= 11 is 0. The lowest BCUT2D eigenvalue weighted by atomic mass is 10.0. The van der Waals surface area contributed by atoms with E-state index in [1.807, 2.05) is 6.07 Å². The Labute approximate surface area is 134 Å². The standard InChI is InChI=1S/C17H26N2O.ClH/c1-2-7-16(12-14-8-4-3-5-9-14)19-17(20)13-15-10-6-11-18-15;/h3-5,8-9,15-16,18H,2,6-7,10-13H2,1H3,(H,19,20);1H. The Kier molecular flexibility index (Phi) is 8.40. The molecule has 1 aliphatic heterocycles. The second-order valence-electron chi connectivity index (χ2n) is 5.74. The predicted octanol–water partition coefficient (Wildman–Crippen LogP) is 3.08. The maximum absolute atomic E-state index is 12.1. The Morgan fingerprint density at radius 2 is 2.14 bits per heavy atom. The summed E-state index contributed by atoms with van der Waals surface area (Å²) in [6.07, 6.45) is 6.01. The molecule has 1 heterocycles. The number of hydrogen-bond acceptors (Lipinski definition) is 2. The van der Waals surface area contributed by atoms with Gasteiger partial charge in [0, 0.05) is 18.5 Å². The Morgan fingerprint density at radius 3 is 2.76 bits per heavy atom. The van der Waals surface area contributed by atoms with E-state index in [4.69, 9.17) is 0 Å². The molecule has 2 unspecified atom stereocenters. The summed E-state index contributed by atoms with van der Waals surface area (Å²) in [6, 6.07) is 11.1. The summed E-state index contributed by atoms with van der Waals surface area (Å²) < 4.78 is 0. The van der Waals surface area contributed by atoms with E-state index < -0.39 is 0 Å². The van der Waals surface area contributed by atoms with E-state index in [9.17, 15) is 4.79 Å². The fourth-order valence-electron chi connectivity index (χ4n) is 2.91. The first-order valence-electron chi connectivity index (χ1n) is 7.84. The topological polar surface area (TPSA) is 41.1 Å². The summed E-state index contributed by atoms with van der Waals surface area (Å²) in [5.41, 5.74) is 1.30. The first kappa shape index (κ1) is 18.0. The maximum Gasteiger partial charge on any atom is 0.221 e. The normalized spacial score (nSPS) is 18.8. The minimum Gasteiger partial charge on any atom is -0.353 e. The molecule has 0 aliphatic carbocycles. The zero-order valence-electron chi connectivity index (χ0n) is 12.8. The minimum atomic E-state index is 0. The SMILES string of the molecule is CCCC(Cc1ccccc1)NC(=O)CC1CCCN1.Cl. The van der Waals surface area contributed by atoms with Crippen molar-refractivity contribution in [2.45, 2.75) is 57.5 Å². The summed E-state index contributed by atoms with van der Waals surface area (Å²) in [5, 5.41) is 6.60. The molecule has 1 aliphatic rings. The highest BCUT2D eigenvalue weighted by atomic mass is 35.5. The lowest BCUT2D eigenvalue weighted by Gasteiger charge is -2.19. The van der Waals surface area contributed by atoms with Gasteiger partial charge in [0.15, 0.2) is 0 Å². The van der Waals surface area contributed by atoms with Gasteiger partial charge in [0.25, 0.3) is 0 Å². The molecule has 1 aromatic rings. The summed E-state index contributed by atoms with van der Waals surface area (Å²) in [6.45, 7) is 3.23. The van der Waals surface area contributed by atoms with Crippen LogP contribution in [0.3, 0.4) is 0 Å². The van der Waals surface area contributed by atoms with Crippen molar-refractivity contribution in [1.82, 2.24) is 10.6 Å². The monoisotopic (exact) mass is 310 g/mol. The van der Waals surface area contributed by atoms with Crippen molar-refractivity contribution in [1.29, 1.82) is 0 Å². The third-order valence-corrected chi connectivity index (χ3v) is 3.92. The number of halogens is 1. The second kappa shape index (κ2) is 9.80. The van der Waals surface area contributed by atoms with Crippen LogP contribution in [0.15, 0.2) is 30.3 Å². The Hall–Kier alpha value is -1.06. The van der Waals surface area contributed by atoms with E-state index in [1.54, 1.807) is 0 Å². The van der Waals surface area contributed by atoms with Gasteiger partial charge < -0.3 is 10.6 Å². The summed E-state index contributed by atoms with van der Waals surface area (Å²) in [5.74, 6) is 0.193. The highest BCUT2D eigenvalue weighted by Gasteiger charge is 2.19. The van der Waals surface area contributed by atoms with Crippen LogP contribution in [0.4, 0.5) is 0 Å². The summed E-state index contributed by atoms with van der Waals surface area (Å²) in [4.78, 5) is 12.1. The predicted molar refractivity (Wildman–Crippen MR) is 89.9 cm³/mol. The van der Waals surface area contributed by atoms with Gasteiger partial charge in [0.1, 0.15) is 0 Å². The molecule has 0 aromatic heterocycles. The smallest absolute Gasteiger partial charge is 0.221 e. The minimum absolute atomic E-state index is 0.